The van der Waals surface area contributed by atoms with Crippen molar-refractivity contribution in [1.29, 1.82) is 0 Å². The summed E-state index contributed by atoms with van der Waals surface area (Å²) in [5.41, 5.74) is 4.04. The summed E-state index contributed by atoms with van der Waals surface area (Å²) in [6.45, 7) is 3.41. The van der Waals surface area contributed by atoms with Gasteiger partial charge in [-0.25, -0.2) is 9.78 Å². The SMILES string of the molecule is COC(=O)c1nc2cc(C)on2c(=O)c1O.Cc1cc(N)no1. The first-order chi connectivity index (χ1) is 10.8. The van der Waals surface area contributed by atoms with E-state index in [1.165, 1.54) is 6.07 Å². The number of aromatic hydroxyl groups is 1. The number of hydrogen-bond acceptors (Lipinski definition) is 9. The number of anilines is 1. The van der Waals surface area contributed by atoms with Crippen molar-refractivity contribution in [1.82, 2.24) is 14.7 Å². The van der Waals surface area contributed by atoms with Crippen LogP contribution in [0.4, 0.5) is 5.82 Å². The lowest BCUT2D eigenvalue weighted by Crippen LogP contribution is -2.18. The number of ether oxygens (including phenoxy) is 1. The normalized spacial score (nSPS) is 10.2. The van der Waals surface area contributed by atoms with E-state index in [0.29, 0.717) is 11.6 Å². The molecule has 0 fully saturated rings. The van der Waals surface area contributed by atoms with Crippen LogP contribution in [0.25, 0.3) is 5.65 Å². The molecule has 0 radical (unpaired) electrons. The topological polar surface area (TPSA) is 146 Å². The Labute approximate surface area is 129 Å². The van der Waals surface area contributed by atoms with Gasteiger partial charge in [0.05, 0.1) is 7.11 Å². The van der Waals surface area contributed by atoms with Crippen LogP contribution in [0.5, 0.6) is 5.75 Å². The molecule has 3 heterocycles. The monoisotopic (exact) mass is 322 g/mol. The van der Waals surface area contributed by atoms with Gasteiger partial charge in [-0.15, -0.1) is 4.57 Å². The quantitative estimate of drug-likeness (QED) is 0.616. The molecular weight excluding hydrogens is 308 g/mol. The second-order valence-corrected chi connectivity index (χ2v) is 4.47. The van der Waals surface area contributed by atoms with Crippen molar-refractivity contribution >= 4 is 17.4 Å². The fourth-order valence-electron chi connectivity index (χ4n) is 1.67. The van der Waals surface area contributed by atoms with E-state index in [1.54, 1.807) is 19.9 Å². The third-order valence-electron chi connectivity index (χ3n) is 2.64. The molecule has 0 atom stereocenters. The van der Waals surface area contributed by atoms with Gasteiger partial charge in [0.15, 0.2) is 17.2 Å². The van der Waals surface area contributed by atoms with Gasteiger partial charge < -0.3 is 24.6 Å². The molecule has 0 amide bonds. The predicted molar refractivity (Wildman–Crippen MR) is 77.1 cm³/mol. The van der Waals surface area contributed by atoms with E-state index in [4.69, 9.17) is 10.3 Å². The third kappa shape index (κ3) is 3.31. The van der Waals surface area contributed by atoms with Crippen molar-refractivity contribution in [2.45, 2.75) is 13.8 Å². The number of aryl methyl sites for hydroxylation is 2. The van der Waals surface area contributed by atoms with Crippen molar-refractivity contribution in [2.24, 2.45) is 0 Å². The maximum absolute atomic E-state index is 11.6. The van der Waals surface area contributed by atoms with Crippen LogP contribution in [0, 0.1) is 13.8 Å². The molecule has 0 saturated carbocycles. The largest absolute Gasteiger partial charge is 0.501 e. The average Bonchev–Trinajstić information content (AvgIpc) is 3.07. The van der Waals surface area contributed by atoms with E-state index < -0.39 is 23.0 Å². The number of carbonyl (C=O) groups is 1. The fraction of sp³-hybridized carbons (Fsp3) is 0.231. The number of esters is 1. The van der Waals surface area contributed by atoms with Gasteiger partial charge in [0.2, 0.25) is 5.75 Å². The summed E-state index contributed by atoms with van der Waals surface area (Å²) in [6.07, 6.45) is 0. The molecule has 122 valence electrons. The number of nitrogen functional groups attached to an aromatic ring is 1. The highest BCUT2D eigenvalue weighted by atomic mass is 16.5. The molecule has 0 unspecified atom stereocenters. The summed E-state index contributed by atoms with van der Waals surface area (Å²) in [7, 11) is 1.13. The van der Waals surface area contributed by atoms with Gasteiger partial charge in [-0.2, -0.15) is 0 Å². The molecule has 10 heteroatoms. The highest BCUT2D eigenvalue weighted by Crippen LogP contribution is 2.13. The van der Waals surface area contributed by atoms with Crippen LogP contribution in [-0.4, -0.2) is 32.9 Å². The van der Waals surface area contributed by atoms with E-state index in [1.807, 2.05) is 0 Å². The molecule has 23 heavy (non-hydrogen) atoms. The second kappa shape index (κ2) is 6.22. The lowest BCUT2D eigenvalue weighted by molar-refractivity contribution is 0.0590. The first-order valence-electron chi connectivity index (χ1n) is 6.33. The highest BCUT2D eigenvalue weighted by Gasteiger charge is 2.20. The van der Waals surface area contributed by atoms with Crippen molar-refractivity contribution in [3.63, 3.8) is 0 Å². The average molecular weight is 322 g/mol. The Kier molecular flexibility index (Phi) is 4.35. The molecule has 0 aliphatic rings. The predicted octanol–water partition coefficient (Wildman–Crippen LogP) is 0.653. The van der Waals surface area contributed by atoms with Crippen LogP contribution in [0.2, 0.25) is 0 Å². The molecule has 0 bridgehead atoms. The molecule has 3 N–H and O–H groups in total. The Hall–Kier alpha value is -3.30. The summed E-state index contributed by atoms with van der Waals surface area (Å²) < 4.78 is 14.8. The van der Waals surface area contributed by atoms with Crippen molar-refractivity contribution in [2.75, 3.05) is 12.8 Å². The molecular formula is C13H14N4O6. The molecule has 10 nitrogen and oxygen atoms in total. The molecule has 0 saturated heterocycles. The third-order valence-corrected chi connectivity index (χ3v) is 2.64. The zero-order valence-electron chi connectivity index (χ0n) is 12.6. The van der Waals surface area contributed by atoms with Gasteiger partial charge >= 0.3 is 11.5 Å². The fourth-order valence-corrected chi connectivity index (χ4v) is 1.67. The van der Waals surface area contributed by atoms with Crippen LogP contribution in [0.3, 0.4) is 0 Å². The molecule has 0 spiro atoms. The maximum atomic E-state index is 11.6. The standard InChI is InChI=1S/C9H8N2O5.C4H6N2O/c1-4-3-5-10-6(9(14)15-2)7(12)8(13)11(5)16-4;1-3-2-4(5)6-7-3/h3,12H,1-2H3;2H,1H3,(H2,5,6). The number of fused-ring (bicyclic) bond motifs is 1. The van der Waals surface area contributed by atoms with E-state index in [-0.39, 0.29) is 5.65 Å². The lowest BCUT2D eigenvalue weighted by Gasteiger charge is -2.00. The van der Waals surface area contributed by atoms with Crippen LogP contribution < -0.4 is 11.3 Å². The summed E-state index contributed by atoms with van der Waals surface area (Å²) in [4.78, 5) is 26.5. The number of nitrogens with zero attached hydrogens (tertiary/aromatic N) is 3. The van der Waals surface area contributed by atoms with Crippen molar-refractivity contribution in [3.8, 4) is 5.75 Å². The number of nitrogens with two attached hydrogens (primary N) is 1. The van der Waals surface area contributed by atoms with Crippen LogP contribution >= 0.6 is 0 Å². The zero-order valence-corrected chi connectivity index (χ0v) is 12.6. The van der Waals surface area contributed by atoms with Gasteiger partial charge in [-0.1, -0.05) is 5.16 Å². The highest BCUT2D eigenvalue weighted by molar-refractivity contribution is 5.90. The Balaban J connectivity index is 0.000000229. The molecule has 0 aliphatic heterocycles. The smallest absolute Gasteiger partial charge is 0.360 e. The summed E-state index contributed by atoms with van der Waals surface area (Å²) in [6, 6.07) is 3.13. The number of carbonyl (C=O) groups excluding carboxylic acids is 1. The molecule has 0 aliphatic carbocycles. The first-order valence-corrected chi connectivity index (χ1v) is 6.33. The van der Waals surface area contributed by atoms with E-state index in [9.17, 15) is 14.7 Å². The summed E-state index contributed by atoms with van der Waals surface area (Å²) in [5, 5.41) is 12.9. The van der Waals surface area contributed by atoms with E-state index in [2.05, 4.69) is 19.4 Å². The Morgan fingerprint density at radius 3 is 2.52 bits per heavy atom. The number of aromatic nitrogens is 3. The van der Waals surface area contributed by atoms with Crippen LogP contribution in [0.1, 0.15) is 22.0 Å². The zero-order chi connectivity index (χ0) is 17.1. The minimum atomic E-state index is -0.879. The molecule has 3 aromatic rings. The second-order valence-electron chi connectivity index (χ2n) is 4.47. The van der Waals surface area contributed by atoms with E-state index in [0.717, 1.165) is 17.4 Å². The van der Waals surface area contributed by atoms with Gasteiger partial charge in [0.25, 0.3) is 0 Å². The lowest BCUT2D eigenvalue weighted by atomic mass is 10.3. The number of hydrogen-bond donors (Lipinski definition) is 2. The number of rotatable bonds is 1. The Morgan fingerprint density at radius 1 is 1.35 bits per heavy atom. The maximum Gasteiger partial charge on any atom is 0.360 e. The van der Waals surface area contributed by atoms with Gasteiger partial charge in [-0.3, -0.25) is 4.79 Å². The molecule has 3 rings (SSSR count). The Morgan fingerprint density at radius 2 is 2.04 bits per heavy atom. The number of methoxy groups -OCH3 is 1. The van der Waals surface area contributed by atoms with Crippen molar-refractivity contribution in [3.05, 3.63) is 39.7 Å². The molecule has 3 aromatic heterocycles. The summed E-state index contributed by atoms with van der Waals surface area (Å²) in [5.74, 6) is -0.0457. The molecule has 0 aromatic carbocycles. The summed E-state index contributed by atoms with van der Waals surface area (Å²) >= 11 is 0. The van der Waals surface area contributed by atoms with E-state index >= 15 is 0 Å². The van der Waals surface area contributed by atoms with Gasteiger partial charge in [0, 0.05) is 12.1 Å². The van der Waals surface area contributed by atoms with Crippen LogP contribution in [-0.2, 0) is 4.74 Å². The van der Waals surface area contributed by atoms with Crippen molar-refractivity contribution < 1.29 is 23.7 Å². The minimum Gasteiger partial charge on any atom is -0.501 e. The van der Waals surface area contributed by atoms with Crippen LogP contribution in [0.15, 0.2) is 26.0 Å². The van der Waals surface area contributed by atoms with Gasteiger partial charge in [0.1, 0.15) is 11.5 Å². The van der Waals surface area contributed by atoms with Gasteiger partial charge in [-0.05, 0) is 13.8 Å². The Bertz CT molecular complexity index is 890. The first kappa shape index (κ1) is 16.1. The minimum absolute atomic E-state index is 0.140.